The molecule has 2 aliphatic rings. The number of fused-ring (bicyclic) bond motifs is 5. The zero-order chi connectivity index (χ0) is 29.5. The fourth-order valence-electron chi connectivity index (χ4n) is 5.51. The number of piperazine rings is 1. The van der Waals surface area contributed by atoms with E-state index >= 15 is 4.39 Å². The Hall–Kier alpha value is -5.19. The molecular weight excluding hydrogens is 543 g/mol. The number of nitrogens with zero attached hydrogens (tertiary/aromatic N) is 10. The fourth-order valence-corrected chi connectivity index (χ4v) is 5.51. The van der Waals surface area contributed by atoms with Crippen molar-refractivity contribution in [3.8, 4) is 23.3 Å². The molecule has 214 valence electrons. The number of carbonyl (C=O) groups excluding carboxylic acids is 1. The lowest BCUT2D eigenvalue weighted by Crippen LogP contribution is -2.55. The zero-order valence-corrected chi connectivity index (χ0v) is 23.1. The molecule has 0 saturated carbocycles. The first-order valence-electron chi connectivity index (χ1n) is 13.5. The van der Waals surface area contributed by atoms with E-state index in [1.165, 1.54) is 27.6 Å². The SMILES string of the molecule is C=CC(=O)N1CCN(c2nc(=O)n3c4nc(c(F)cc24)-n2nncc2CCOc2ccnc(C(C)C)c2-3)CC1CC#N. The first kappa shape index (κ1) is 27.0. The first-order chi connectivity index (χ1) is 20.3. The number of hydrogen-bond donors (Lipinski definition) is 0. The summed E-state index contributed by atoms with van der Waals surface area (Å²) in [6.07, 6.45) is 4.76. The molecule has 1 amide bonds. The predicted molar refractivity (Wildman–Crippen MR) is 149 cm³/mol. The maximum Gasteiger partial charge on any atom is 0.356 e. The smallest absolute Gasteiger partial charge is 0.356 e. The molecule has 13 nitrogen and oxygen atoms in total. The van der Waals surface area contributed by atoms with Crippen molar-refractivity contribution in [3.63, 3.8) is 0 Å². The number of aromatic nitrogens is 7. The van der Waals surface area contributed by atoms with Crippen molar-refractivity contribution in [2.75, 3.05) is 31.1 Å². The molecule has 4 aromatic heterocycles. The number of carbonyl (C=O) groups is 1. The summed E-state index contributed by atoms with van der Waals surface area (Å²) in [5, 5.41) is 17.7. The molecule has 1 saturated heterocycles. The van der Waals surface area contributed by atoms with Crippen LogP contribution in [0.2, 0.25) is 0 Å². The van der Waals surface area contributed by atoms with Crippen molar-refractivity contribution in [3.05, 3.63) is 64.9 Å². The van der Waals surface area contributed by atoms with Crippen LogP contribution in [0.3, 0.4) is 0 Å². The normalized spacial score (nSPS) is 16.4. The summed E-state index contributed by atoms with van der Waals surface area (Å²) < 4.78 is 24.6. The average Bonchev–Trinajstić information content (AvgIpc) is 3.44. The Balaban J connectivity index is 1.63. The van der Waals surface area contributed by atoms with E-state index in [1.807, 2.05) is 13.8 Å². The van der Waals surface area contributed by atoms with Gasteiger partial charge in [-0.2, -0.15) is 14.9 Å². The van der Waals surface area contributed by atoms with E-state index in [0.29, 0.717) is 35.8 Å². The van der Waals surface area contributed by atoms with Gasteiger partial charge in [-0.05, 0) is 18.1 Å². The van der Waals surface area contributed by atoms with Crippen LogP contribution in [0, 0.1) is 17.1 Å². The topological polar surface area (TPSA) is 148 Å². The number of pyridine rings is 2. The van der Waals surface area contributed by atoms with Crippen LogP contribution in [-0.4, -0.2) is 77.6 Å². The van der Waals surface area contributed by atoms with Gasteiger partial charge in [0.25, 0.3) is 0 Å². The number of nitriles is 1. The third-order valence-corrected chi connectivity index (χ3v) is 7.47. The van der Waals surface area contributed by atoms with Crippen molar-refractivity contribution in [1.82, 2.24) is 39.4 Å². The van der Waals surface area contributed by atoms with Crippen LogP contribution in [0.15, 0.2) is 42.0 Å². The van der Waals surface area contributed by atoms with Crippen LogP contribution in [0.25, 0.3) is 22.5 Å². The van der Waals surface area contributed by atoms with Crippen molar-refractivity contribution in [2.45, 2.75) is 38.6 Å². The van der Waals surface area contributed by atoms with Gasteiger partial charge in [-0.15, -0.1) is 5.10 Å². The summed E-state index contributed by atoms with van der Waals surface area (Å²) in [5.41, 5.74) is 1.01. The van der Waals surface area contributed by atoms with Crippen molar-refractivity contribution in [1.29, 1.82) is 5.26 Å². The molecule has 1 unspecified atom stereocenters. The van der Waals surface area contributed by atoms with Crippen LogP contribution in [-0.2, 0) is 11.2 Å². The number of hydrogen-bond acceptors (Lipinski definition) is 10. The maximum absolute atomic E-state index is 15.9. The highest BCUT2D eigenvalue weighted by Gasteiger charge is 2.33. The van der Waals surface area contributed by atoms with E-state index < -0.39 is 17.5 Å². The number of rotatable bonds is 4. The van der Waals surface area contributed by atoms with Crippen LogP contribution >= 0.6 is 0 Å². The third kappa shape index (κ3) is 4.43. The second-order valence-corrected chi connectivity index (χ2v) is 10.3. The lowest BCUT2D eigenvalue weighted by Gasteiger charge is -2.41. The fraction of sp³-hybridized carbons (Fsp3) is 0.357. The molecule has 2 aliphatic heterocycles. The predicted octanol–water partition coefficient (Wildman–Crippen LogP) is 2.07. The van der Waals surface area contributed by atoms with Gasteiger partial charge < -0.3 is 14.5 Å². The lowest BCUT2D eigenvalue weighted by molar-refractivity contribution is -0.128. The van der Waals surface area contributed by atoms with E-state index in [-0.39, 0.29) is 60.6 Å². The molecule has 6 rings (SSSR count). The van der Waals surface area contributed by atoms with Gasteiger partial charge in [0.15, 0.2) is 17.3 Å². The summed E-state index contributed by atoms with van der Waals surface area (Å²) in [6, 6.07) is 4.60. The minimum atomic E-state index is -0.688. The van der Waals surface area contributed by atoms with Gasteiger partial charge in [-0.3, -0.25) is 9.78 Å². The minimum absolute atomic E-state index is 0.0606. The molecule has 2 bridgehead atoms. The van der Waals surface area contributed by atoms with E-state index in [4.69, 9.17) is 4.74 Å². The van der Waals surface area contributed by atoms with Crippen LogP contribution in [0.5, 0.6) is 5.75 Å². The van der Waals surface area contributed by atoms with Gasteiger partial charge >= 0.3 is 5.69 Å². The zero-order valence-electron chi connectivity index (χ0n) is 23.1. The second-order valence-electron chi connectivity index (χ2n) is 10.3. The molecule has 0 aliphatic carbocycles. The Morgan fingerprint density at radius 2 is 2.14 bits per heavy atom. The second kappa shape index (κ2) is 10.7. The van der Waals surface area contributed by atoms with E-state index in [2.05, 4.69) is 37.9 Å². The molecule has 0 radical (unpaired) electrons. The molecule has 1 atom stereocenters. The summed E-state index contributed by atoms with van der Waals surface area (Å²) in [7, 11) is 0. The summed E-state index contributed by atoms with van der Waals surface area (Å²) in [4.78, 5) is 43.5. The molecule has 0 aromatic carbocycles. The van der Waals surface area contributed by atoms with Gasteiger partial charge in [0, 0.05) is 38.3 Å². The highest BCUT2D eigenvalue weighted by molar-refractivity contribution is 5.90. The maximum atomic E-state index is 15.9. The van der Waals surface area contributed by atoms with Crippen molar-refractivity contribution >= 4 is 22.8 Å². The van der Waals surface area contributed by atoms with E-state index in [9.17, 15) is 14.9 Å². The van der Waals surface area contributed by atoms with Crippen LogP contribution in [0.4, 0.5) is 10.2 Å². The standard InChI is InChI=1S/C28H27FN10O3/c1-4-22(40)37-11-10-36(15-18(37)5-8-30)25-19-13-20(29)27-33-26(19)38(28(41)34-25)24-21(6-9-31-23(24)16(2)3)42-12-7-17-14-32-35-39(17)27/h4,6,9,13-14,16,18H,1,5,7,10-12,15H2,2-3H3. The monoisotopic (exact) mass is 570 g/mol. The summed E-state index contributed by atoms with van der Waals surface area (Å²) >= 11 is 0. The van der Waals surface area contributed by atoms with Crippen molar-refractivity contribution in [2.24, 2.45) is 0 Å². The largest absolute Gasteiger partial charge is 0.491 e. The van der Waals surface area contributed by atoms with E-state index in [1.54, 1.807) is 22.1 Å². The summed E-state index contributed by atoms with van der Waals surface area (Å²) in [5.74, 6) is -0.596. The number of amides is 1. The van der Waals surface area contributed by atoms with E-state index in [0.717, 1.165) is 0 Å². The molecule has 0 N–H and O–H groups in total. The lowest BCUT2D eigenvalue weighted by atomic mass is 10.1. The number of halogens is 1. The molecule has 42 heavy (non-hydrogen) atoms. The van der Waals surface area contributed by atoms with Gasteiger partial charge in [0.05, 0.1) is 48.1 Å². The molecule has 14 heteroatoms. The third-order valence-electron chi connectivity index (χ3n) is 7.47. The van der Waals surface area contributed by atoms with Gasteiger partial charge in [0.1, 0.15) is 17.3 Å². The van der Waals surface area contributed by atoms with Crippen molar-refractivity contribution < 1.29 is 13.9 Å². The highest BCUT2D eigenvalue weighted by atomic mass is 19.1. The molecular formula is C28H27FN10O3. The van der Waals surface area contributed by atoms with Gasteiger partial charge in [-0.1, -0.05) is 25.6 Å². The van der Waals surface area contributed by atoms with Crippen LogP contribution < -0.4 is 15.3 Å². The van der Waals surface area contributed by atoms with Gasteiger partial charge in [0.2, 0.25) is 5.91 Å². The number of ether oxygens (including phenoxy) is 1. The summed E-state index contributed by atoms with van der Waals surface area (Å²) in [6.45, 7) is 8.42. The Labute approximate surface area is 239 Å². The first-order valence-corrected chi connectivity index (χ1v) is 13.5. The Bertz CT molecular complexity index is 1830. The Morgan fingerprint density at radius 3 is 2.90 bits per heavy atom. The minimum Gasteiger partial charge on any atom is -0.491 e. The number of anilines is 1. The molecule has 1 fully saturated rings. The average molecular weight is 571 g/mol. The molecule has 4 aromatic rings. The molecule has 6 heterocycles. The Kier molecular flexibility index (Phi) is 6.85. The van der Waals surface area contributed by atoms with Crippen LogP contribution in [0.1, 0.15) is 37.6 Å². The quantitative estimate of drug-likeness (QED) is 0.334. The Morgan fingerprint density at radius 1 is 1.31 bits per heavy atom. The van der Waals surface area contributed by atoms with Gasteiger partial charge in [-0.25, -0.2) is 18.7 Å². The highest BCUT2D eigenvalue weighted by Crippen LogP contribution is 2.34. The molecule has 0 spiro atoms.